The van der Waals surface area contributed by atoms with E-state index in [9.17, 15) is 66.4 Å². The van der Waals surface area contributed by atoms with Gasteiger partial charge in [0, 0.05) is 10.8 Å². The fourth-order valence-electron chi connectivity index (χ4n) is 14.2. The number of aliphatic hydroxyl groups excluding tert-OH is 12. The van der Waals surface area contributed by atoms with Crippen molar-refractivity contribution in [2.75, 3.05) is 19.8 Å². The maximum absolute atomic E-state index is 12.6. The monoisotopic (exact) mass is 963 g/mol. The first-order valence-electron chi connectivity index (χ1n) is 24.5. The fraction of sp³-hybridized carbons (Fsp3) is 0.958. The van der Waals surface area contributed by atoms with E-state index in [1.807, 2.05) is 0 Å². The van der Waals surface area contributed by atoms with Gasteiger partial charge in [0.1, 0.15) is 73.2 Å². The molecule has 0 aromatic heterocycles. The van der Waals surface area contributed by atoms with Crippen molar-refractivity contribution in [3.05, 3.63) is 11.6 Å². The maximum atomic E-state index is 12.6. The second-order valence-corrected chi connectivity index (χ2v) is 23.0. The Labute approximate surface area is 393 Å². The minimum absolute atomic E-state index is 0.0500. The van der Waals surface area contributed by atoms with Crippen molar-refractivity contribution in [1.29, 1.82) is 0 Å². The van der Waals surface area contributed by atoms with Crippen LogP contribution in [0.2, 0.25) is 0 Å². The SMILES string of the molecule is C[C@@H](CC[C@H](O[C@H]1O[C@@H](CO)[C@H](O)[C@@H](O)[C@@H]1O[C@H]1O[C@@H](CO)[C@H](O)[C@@H](O)[C@@H]1O)C(C)(C)O)[C@@H]1CC[C@]2(C)[C@H]3CC=C4[C@@H](CC[C@@H](O[C@H]5O[C@@H](CO)[C@H](O)[C@@H](O)[C@@H]5O)C4(C)C)[C@@]3(C)[C@@H](O)C[C@@]12C. The first kappa shape index (κ1) is 53.8. The van der Waals surface area contributed by atoms with Crippen LogP contribution in [0.15, 0.2) is 11.6 Å². The van der Waals surface area contributed by atoms with Gasteiger partial charge in [0.05, 0.1) is 43.7 Å². The molecule has 0 radical (unpaired) electrons. The van der Waals surface area contributed by atoms with Crippen LogP contribution in [-0.2, 0) is 28.4 Å². The molecule has 0 unspecified atom stereocenters. The molecule has 6 fully saturated rings. The van der Waals surface area contributed by atoms with Gasteiger partial charge in [0.15, 0.2) is 18.9 Å². The Hall–Kier alpha value is -1.02. The lowest BCUT2D eigenvalue weighted by Gasteiger charge is -2.67. The van der Waals surface area contributed by atoms with E-state index in [1.54, 1.807) is 13.8 Å². The lowest BCUT2D eigenvalue weighted by Crippen LogP contribution is -2.65. The predicted molar refractivity (Wildman–Crippen MR) is 235 cm³/mol. The van der Waals surface area contributed by atoms with Crippen LogP contribution in [0.5, 0.6) is 0 Å². The molecule has 0 bridgehead atoms. The second kappa shape index (κ2) is 19.8. The van der Waals surface area contributed by atoms with E-state index in [0.29, 0.717) is 25.7 Å². The molecular formula is C48H82O19. The van der Waals surface area contributed by atoms with Gasteiger partial charge in [-0.15, -0.1) is 0 Å². The highest BCUT2D eigenvalue weighted by Gasteiger charge is 2.70. The summed E-state index contributed by atoms with van der Waals surface area (Å²) in [6.07, 6.45) is -17.3. The number of hydrogen-bond donors (Lipinski definition) is 13. The summed E-state index contributed by atoms with van der Waals surface area (Å²) < 4.78 is 35.9. The third-order valence-corrected chi connectivity index (χ3v) is 18.7. The van der Waals surface area contributed by atoms with E-state index in [-0.39, 0.29) is 34.5 Å². The summed E-state index contributed by atoms with van der Waals surface area (Å²) in [5.41, 5.74) is -1.70. The molecule has 0 aromatic rings. The van der Waals surface area contributed by atoms with Crippen LogP contribution in [0.25, 0.3) is 0 Å². The molecule has 0 aromatic carbocycles. The summed E-state index contributed by atoms with van der Waals surface area (Å²) >= 11 is 0. The average molecular weight is 963 g/mol. The van der Waals surface area contributed by atoms with Crippen molar-refractivity contribution in [2.24, 2.45) is 45.3 Å². The summed E-state index contributed by atoms with van der Waals surface area (Å²) in [7, 11) is 0. The molecule has 0 amide bonds. The lowest BCUT2D eigenvalue weighted by atomic mass is 9.38. The number of fused-ring (bicyclic) bond motifs is 5. The van der Waals surface area contributed by atoms with Crippen LogP contribution in [0.4, 0.5) is 0 Å². The zero-order valence-electron chi connectivity index (χ0n) is 40.3. The Morgan fingerprint density at radius 1 is 0.657 bits per heavy atom. The number of aliphatic hydroxyl groups is 13. The van der Waals surface area contributed by atoms with Gasteiger partial charge in [0.25, 0.3) is 0 Å². The molecule has 4 aliphatic carbocycles. The quantitative estimate of drug-likeness (QED) is 0.0924. The lowest BCUT2D eigenvalue weighted by molar-refractivity contribution is -0.375. The van der Waals surface area contributed by atoms with Crippen molar-refractivity contribution in [3.63, 3.8) is 0 Å². The summed E-state index contributed by atoms with van der Waals surface area (Å²) in [6, 6.07) is 0. The maximum Gasteiger partial charge on any atom is 0.187 e. The van der Waals surface area contributed by atoms with Crippen LogP contribution in [0.1, 0.15) is 107 Å². The molecule has 3 saturated heterocycles. The van der Waals surface area contributed by atoms with Crippen molar-refractivity contribution >= 4 is 0 Å². The molecule has 3 heterocycles. The van der Waals surface area contributed by atoms with Gasteiger partial charge in [-0.2, -0.15) is 0 Å². The van der Waals surface area contributed by atoms with Crippen LogP contribution in [0.3, 0.4) is 0 Å². The summed E-state index contributed by atoms with van der Waals surface area (Å²) in [6.45, 7) is 14.5. The van der Waals surface area contributed by atoms with Crippen molar-refractivity contribution < 1.29 is 94.8 Å². The van der Waals surface area contributed by atoms with Gasteiger partial charge in [-0.3, -0.25) is 0 Å². The first-order chi connectivity index (χ1) is 31.2. The van der Waals surface area contributed by atoms with Crippen LogP contribution in [0, 0.1) is 45.3 Å². The molecule has 7 rings (SSSR count). The molecule has 0 spiro atoms. The van der Waals surface area contributed by atoms with E-state index < -0.39 is 147 Å². The molecule has 3 aliphatic heterocycles. The molecular weight excluding hydrogens is 881 g/mol. The minimum atomic E-state index is -1.83. The topological polar surface area (TPSA) is 318 Å². The Kier molecular flexibility index (Phi) is 15.9. The van der Waals surface area contributed by atoms with Gasteiger partial charge in [-0.1, -0.05) is 53.2 Å². The largest absolute Gasteiger partial charge is 0.394 e. The summed E-state index contributed by atoms with van der Waals surface area (Å²) in [4.78, 5) is 0. The molecule has 19 nitrogen and oxygen atoms in total. The first-order valence-corrected chi connectivity index (χ1v) is 24.5. The van der Waals surface area contributed by atoms with Gasteiger partial charge in [-0.05, 0) is 99.7 Å². The smallest absolute Gasteiger partial charge is 0.187 e. The highest BCUT2D eigenvalue weighted by molar-refractivity contribution is 5.32. The number of hydrogen-bond acceptors (Lipinski definition) is 19. The molecule has 25 atom stereocenters. The molecule has 13 N–H and O–H groups in total. The Balaban J connectivity index is 1.06. The van der Waals surface area contributed by atoms with Gasteiger partial charge in [0.2, 0.25) is 0 Å². The Morgan fingerprint density at radius 3 is 1.72 bits per heavy atom. The van der Waals surface area contributed by atoms with E-state index in [0.717, 1.165) is 25.7 Å². The highest BCUT2D eigenvalue weighted by Crippen LogP contribution is 2.75. The predicted octanol–water partition coefficient (Wildman–Crippen LogP) is -1.06. The van der Waals surface area contributed by atoms with E-state index in [2.05, 4.69) is 47.6 Å². The number of rotatable bonds is 14. The van der Waals surface area contributed by atoms with Crippen LogP contribution >= 0.6 is 0 Å². The Morgan fingerprint density at radius 2 is 1.18 bits per heavy atom. The number of allylic oxidation sites excluding steroid dienone is 1. The van der Waals surface area contributed by atoms with Crippen molar-refractivity contribution in [2.45, 2.75) is 223 Å². The summed E-state index contributed by atoms with van der Waals surface area (Å²) in [5.74, 6) is 0.476. The van der Waals surface area contributed by atoms with E-state index in [1.165, 1.54) is 5.57 Å². The third kappa shape index (κ3) is 9.13. The van der Waals surface area contributed by atoms with Crippen molar-refractivity contribution in [1.82, 2.24) is 0 Å². The van der Waals surface area contributed by atoms with Crippen LogP contribution < -0.4 is 0 Å². The summed E-state index contributed by atoms with van der Waals surface area (Å²) in [5, 5.41) is 139. The third-order valence-electron chi connectivity index (χ3n) is 18.7. The molecule has 7 aliphatic rings. The molecule has 67 heavy (non-hydrogen) atoms. The van der Waals surface area contributed by atoms with Crippen molar-refractivity contribution in [3.8, 4) is 0 Å². The highest BCUT2D eigenvalue weighted by atomic mass is 16.8. The van der Waals surface area contributed by atoms with Gasteiger partial charge in [-0.25, -0.2) is 0 Å². The van der Waals surface area contributed by atoms with Crippen LogP contribution in [-0.4, -0.2) is 202 Å². The second-order valence-electron chi connectivity index (χ2n) is 23.0. The average Bonchev–Trinajstić information content (AvgIpc) is 3.54. The van der Waals surface area contributed by atoms with Gasteiger partial charge >= 0.3 is 0 Å². The molecule has 3 saturated carbocycles. The normalized spacial score (nSPS) is 51.0. The Bertz CT molecular complexity index is 1710. The van der Waals surface area contributed by atoms with Gasteiger partial charge < -0.3 is 94.8 Å². The minimum Gasteiger partial charge on any atom is -0.394 e. The molecule has 388 valence electrons. The zero-order chi connectivity index (χ0) is 49.5. The standard InChI is InChI=1S/C48H82O19/c1-21(9-13-31(45(4,5)61)66-43-40(37(58)34(55)27(20-51)64-43)67-42-39(60)36(57)33(54)26(19-50)63-42)22-15-16-46(6)28-12-10-23-24(48(28,8)29(52)17-47(22,46)7)11-14-30(44(23,2)3)65-41-38(59)35(56)32(53)25(18-49)62-41/h10,21-22,24-43,49-61H,9,11-20H2,1-8H3/t21-,22-,24+,25-,26-,27-,28+,29-,30+,31-,32-,33-,34-,35+,36+,37+,38-,39-,40-,41+,42+,43+,46+,47-,48+/m0/s1. The van der Waals surface area contributed by atoms with E-state index in [4.69, 9.17) is 28.4 Å². The van der Waals surface area contributed by atoms with E-state index >= 15 is 0 Å². The fourth-order valence-corrected chi connectivity index (χ4v) is 14.2. The number of ether oxygens (including phenoxy) is 6. The zero-order valence-corrected chi connectivity index (χ0v) is 40.3. The molecule has 19 heteroatoms.